The monoisotopic (exact) mass is 282 g/mol. The minimum Gasteiger partial charge on any atom is -0.399 e. The average molecular weight is 282 g/mol. The Hall–Kier alpha value is -2.75. The molecular formula is C17H12F2N2. The van der Waals surface area contributed by atoms with E-state index in [1.165, 1.54) is 0 Å². The molecule has 4 heteroatoms. The molecule has 0 spiro atoms. The van der Waals surface area contributed by atoms with Crippen LogP contribution in [0.4, 0.5) is 14.5 Å². The predicted octanol–water partition coefficient (Wildman–Crippen LogP) is 4.27. The summed E-state index contributed by atoms with van der Waals surface area (Å²) in [4.78, 5) is 4.29. The molecule has 0 saturated carbocycles. The van der Waals surface area contributed by atoms with Gasteiger partial charge in [-0.1, -0.05) is 24.3 Å². The van der Waals surface area contributed by atoms with Crippen LogP contribution in [0.5, 0.6) is 0 Å². The van der Waals surface area contributed by atoms with Gasteiger partial charge < -0.3 is 5.73 Å². The summed E-state index contributed by atoms with van der Waals surface area (Å²) in [6, 6.07) is 13.1. The highest BCUT2D eigenvalue weighted by molar-refractivity contribution is 5.81. The van der Waals surface area contributed by atoms with Gasteiger partial charge in [0, 0.05) is 17.1 Å². The SMILES string of the molecule is Nc1cccc(/C=C/c2ccc3cc(F)c(F)cc3n2)c1. The van der Waals surface area contributed by atoms with Crippen LogP contribution in [0, 0.1) is 11.6 Å². The van der Waals surface area contributed by atoms with Gasteiger partial charge in [0.2, 0.25) is 0 Å². The van der Waals surface area contributed by atoms with E-state index in [9.17, 15) is 8.78 Å². The number of nitrogen functional groups attached to an aromatic ring is 1. The molecule has 0 saturated heterocycles. The number of aromatic nitrogens is 1. The van der Waals surface area contributed by atoms with E-state index in [1.807, 2.05) is 30.3 Å². The van der Waals surface area contributed by atoms with Gasteiger partial charge in [0.15, 0.2) is 11.6 Å². The molecule has 0 atom stereocenters. The first-order valence-electron chi connectivity index (χ1n) is 6.41. The molecule has 1 aromatic heterocycles. The van der Waals surface area contributed by atoms with Gasteiger partial charge in [-0.05, 0) is 35.9 Å². The molecule has 0 fully saturated rings. The third-order valence-electron chi connectivity index (χ3n) is 3.11. The molecule has 0 aliphatic heterocycles. The van der Waals surface area contributed by atoms with Gasteiger partial charge in [-0.25, -0.2) is 13.8 Å². The maximum absolute atomic E-state index is 13.2. The molecular weight excluding hydrogens is 270 g/mol. The fourth-order valence-electron chi connectivity index (χ4n) is 2.07. The molecule has 0 aliphatic rings. The van der Waals surface area contributed by atoms with E-state index in [2.05, 4.69) is 4.98 Å². The average Bonchev–Trinajstić information content (AvgIpc) is 2.46. The number of benzene rings is 2. The van der Waals surface area contributed by atoms with Crippen molar-refractivity contribution in [3.63, 3.8) is 0 Å². The van der Waals surface area contributed by atoms with Gasteiger partial charge in [-0.2, -0.15) is 0 Å². The predicted molar refractivity (Wildman–Crippen MR) is 81.4 cm³/mol. The molecule has 2 nitrogen and oxygen atoms in total. The Kier molecular flexibility index (Phi) is 3.36. The second kappa shape index (κ2) is 5.32. The summed E-state index contributed by atoms with van der Waals surface area (Å²) >= 11 is 0. The summed E-state index contributed by atoms with van der Waals surface area (Å²) in [6.07, 6.45) is 3.67. The molecule has 3 rings (SSSR count). The van der Waals surface area contributed by atoms with Crippen LogP contribution < -0.4 is 5.73 Å². The number of rotatable bonds is 2. The maximum atomic E-state index is 13.2. The summed E-state index contributed by atoms with van der Waals surface area (Å²) < 4.78 is 26.4. The standard InChI is InChI=1S/C17H12F2N2/c18-15-9-12-5-7-14(21-17(12)10-16(15)19)6-4-11-2-1-3-13(20)8-11/h1-10H,20H2/b6-4+. The fourth-order valence-corrected chi connectivity index (χ4v) is 2.07. The molecule has 0 radical (unpaired) electrons. The lowest BCUT2D eigenvalue weighted by atomic mass is 10.1. The Morgan fingerprint density at radius 2 is 1.71 bits per heavy atom. The van der Waals surface area contributed by atoms with Crippen molar-refractivity contribution in [1.29, 1.82) is 0 Å². The Bertz CT molecular complexity index is 841. The van der Waals surface area contributed by atoms with Crippen molar-refractivity contribution in [1.82, 2.24) is 4.98 Å². The van der Waals surface area contributed by atoms with Crippen LogP contribution in [0.15, 0.2) is 48.5 Å². The van der Waals surface area contributed by atoms with Crippen molar-refractivity contribution >= 4 is 28.7 Å². The first kappa shape index (κ1) is 13.2. The highest BCUT2D eigenvalue weighted by atomic mass is 19.2. The molecule has 1 heterocycles. The summed E-state index contributed by atoms with van der Waals surface area (Å²) in [5, 5.41) is 0.565. The normalized spacial score (nSPS) is 11.3. The third kappa shape index (κ3) is 2.89. The Balaban J connectivity index is 1.96. The van der Waals surface area contributed by atoms with Crippen LogP contribution in [0.3, 0.4) is 0 Å². The van der Waals surface area contributed by atoms with Gasteiger partial charge in [0.05, 0.1) is 11.2 Å². The molecule has 21 heavy (non-hydrogen) atoms. The van der Waals surface area contributed by atoms with E-state index >= 15 is 0 Å². The molecule has 3 aromatic rings. The van der Waals surface area contributed by atoms with Gasteiger partial charge in [0.1, 0.15) is 0 Å². The zero-order valence-corrected chi connectivity index (χ0v) is 11.1. The van der Waals surface area contributed by atoms with Crippen LogP contribution in [-0.4, -0.2) is 4.98 Å². The van der Waals surface area contributed by atoms with Crippen LogP contribution >= 0.6 is 0 Å². The largest absolute Gasteiger partial charge is 0.399 e. The number of fused-ring (bicyclic) bond motifs is 1. The number of nitrogens with zero attached hydrogens (tertiary/aromatic N) is 1. The second-order valence-electron chi connectivity index (χ2n) is 4.70. The molecule has 0 amide bonds. The molecule has 104 valence electrons. The highest BCUT2D eigenvalue weighted by Crippen LogP contribution is 2.18. The third-order valence-corrected chi connectivity index (χ3v) is 3.11. The van der Waals surface area contributed by atoms with Crippen LogP contribution in [-0.2, 0) is 0 Å². The number of hydrogen-bond donors (Lipinski definition) is 1. The Labute approximate surface area is 120 Å². The molecule has 0 unspecified atom stereocenters. The summed E-state index contributed by atoms with van der Waals surface area (Å²) in [5.41, 5.74) is 8.42. The molecule has 2 aromatic carbocycles. The fraction of sp³-hybridized carbons (Fsp3) is 0. The molecule has 0 aliphatic carbocycles. The minimum absolute atomic E-state index is 0.420. The second-order valence-corrected chi connectivity index (χ2v) is 4.70. The number of nitrogens with two attached hydrogens (primary N) is 1. The van der Waals surface area contributed by atoms with E-state index in [1.54, 1.807) is 18.2 Å². The zero-order chi connectivity index (χ0) is 14.8. The first-order chi connectivity index (χ1) is 10.1. The number of halogens is 2. The van der Waals surface area contributed by atoms with E-state index in [-0.39, 0.29) is 0 Å². The summed E-state index contributed by atoms with van der Waals surface area (Å²) in [7, 11) is 0. The number of anilines is 1. The Morgan fingerprint density at radius 3 is 2.52 bits per heavy atom. The van der Waals surface area contributed by atoms with Gasteiger partial charge in [0.25, 0.3) is 0 Å². The molecule has 0 bridgehead atoms. The number of hydrogen-bond acceptors (Lipinski definition) is 2. The van der Waals surface area contributed by atoms with Gasteiger partial charge in [-0.15, -0.1) is 0 Å². The van der Waals surface area contributed by atoms with Crippen molar-refractivity contribution in [2.45, 2.75) is 0 Å². The first-order valence-corrected chi connectivity index (χ1v) is 6.41. The smallest absolute Gasteiger partial charge is 0.161 e. The molecule has 2 N–H and O–H groups in total. The lowest BCUT2D eigenvalue weighted by molar-refractivity contribution is 0.510. The quantitative estimate of drug-likeness (QED) is 0.713. The lowest BCUT2D eigenvalue weighted by Gasteiger charge is -2.01. The van der Waals surface area contributed by atoms with Crippen LogP contribution in [0.1, 0.15) is 11.3 Å². The summed E-state index contributed by atoms with van der Waals surface area (Å²) in [5.74, 6) is -1.76. The van der Waals surface area contributed by atoms with E-state index in [0.29, 0.717) is 22.3 Å². The highest BCUT2D eigenvalue weighted by Gasteiger charge is 2.04. The van der Waals surface area contributed by atoms with Crippen molar-refractivity contribution in [2.24, 2.45) is 0 Å². The van der Waals surface area contributed by atoms with Gasteiger partial charge >= 0.3 is 0 Å². The number of pyridine rings is 1. The van der Waals surface area contributed by atoms with Crippen LogP contribution in [0.2, 0.25) is 0 Å². The van der Waals surface area contributed by atoms with E-state index in [4.69, 9.17) is 5.73 Å². The van der Waals surface area contributed by atoms with Crippen molar-refractivity contribution in [2.75, 3.05) is 5.73 Å². The van der Waals surface area contributed by atoms with E-state index in [0.717, 1.165) is 17.7 Å². The van der Waals surface area contributed by atoms with Crippen molar-refractivity contribution in [3.05, 3.63) is 71.4 Å². The van der Waals surface area contributed by atoms with Crippen molar-refractivity contribution < 1.29 is 8.78 Å². The zero-order valence-electron chi connectivity index (χ0n) is 11.1. The minimum atomic E-state index is -0.896. The van der Waals surface area contributed by atoms with Crippen LogP contribution in [0.25, 0.3) is 23.1 Å². The Morgan fingerprint density at radius 1 is 0.905 bits per heavy atom. The topological polar surface area (TPSA) is 38.9 Å². The summed E-state index contributed by atoms with van der Waals surface area (Å²) in [6.45, 7) is 0. The van der Waals surface area contributed by atoms with E-state index < -0.39 is 11.6 Å². The lowest BCUT2D eigenvalue weighted by Crippen LogP contribution is -1.88. The maximum Gasteiger partial charge on any atom is 0.161 e. The van der Waals surface area contributed by atoms with Gasteiger partial charge in [-0.3, -0.25) is 0 Å². The van der Waals surface area contributed by atoms with Crippen molar-refractivity contribution in [3.8, 4) is 0 Å².